The van der Waals surface area contributed by atoms with Gasteiger partial charge in [0.2, 0.25) is 0 Å². The van der Waals surface area contributed by atoms with E-state index in [1.807, 2.05) is 19.1 Å². The first-order chi connectivity index (χ1) is 9.15. The zero-order chi connectivity index (χ0) is 13.7. The summed E-state index contributed by atoms with van der Waals surface area (Å²) < 4.78 is 0. The lowest BCUT2D eigenvalue weighted by molar-refractivity contribution is 0.248. The van der Waals surface area contributed by atoms with Crippen molar-refractivity contribution >= 4 is 23.3 Å². The van der Waals surface area contributed by atoms with Crippen LogP contribution in [0.3, 0.4) is 0 Å². The van der Waals surface area contributed by atoms with Crippen molar-refractivity contribution in [3.05, 3.63) is 28.8 Å². The largest absolute Gasteiger partial charge is 0.338 e. The van der Waals surface area contributed by atoms with Crippen molar-refractivity contribution in [2.75, 3.05) is 25.0 Å². The molecule has 1 fully saturated rings. The van der Waals surface area contributed by atoms with Gasteiger partial charge in [0.15, 0.2) is 0 Å². The van der Waals surface area contributed by atoms with Gasteiger partial charge in [-0.3, -0.25) is 0 Å². The predicted molar refractivity (Wildman–Crippen MR) is 78.8 cm³/mol. The van der Waals surface area contributed by atoms with Crippen molar-refractivity contribution in [2.45, 2.75) is 19.8 Å². The first kappa shape index (κ1) is 14.2. The monoisotopic (exact) mass is 281 g/mol. The van der Waals surface area contributed by atoms with Gasteiger partial charge in [-0.2, -0.15) is 0 Å². The highest BCUT2D eigenvalue weighted by Crippen LogP contribution is 2.22. The topological polar surface area (TPSA) is 53.2 Å². The van der Waals surface area contributed by atoms with E-state index in [0.717, 1.165) is 18.7 Å². The summed E-state index contributed by atoms with van der Waals surface area (Å²) in [6.07, 6.45) is 2.34. The van der Waals surface area contributed by atoms with E-state index in [1.54, 1.807) is 6.07 Å². The zero-order valence-corrected chi connectivity index (χ0v) is 11.9. The molecule has 1 aliphatic heterocycles. The summed E-state index contributed by atoms with van der Waals surface area (Å²) in [6.45, 7) is 4.72. The van der Waals surface area contributed by atoms with E-state index in [-0.39, 0.29) is 6.03 Å². The van der Waals surface area contributed by atoms with Crippen LogP contribution in [0.4, 0.5) is 10.5 Å². The van der Waals surface area contributed by atoms with Crippen molar-refractivity contribution in [1.82, 2.24) is 10.6 Å². The molecule has 1 heterocycles. The molecule has 1 aliphatic rings. The molecule has 2 amide bonds. The van der Waals surface area contributed by atoms with Crippen LogP contribution in [-0.2, 0) is 0 Å². The molecule has 0 unspecified atom stereocenters. The Morgan fingerprint density at radius 3 is 3.11 bits per heavy atom. The van der Waals surface area contributed by atoms with Crippen molar-refractivity contribution < 1.29 is 4.79 Å². The lowest BCUT2D eigenvalue weighted by Crippen LogP contribution is -2.39. The Morgan fingerprint density at radius 1 is 1.53 bits per heavy atom. The lowest BCUT2D eigenvalue weighted by atomic mass is 10.00. The fourth-order valence-corrected chi connectivity index (χ4v) is 2.40. The fraction of sp³-hybridized carbons (Fsp3) is 0.500. The van der Waals surface area contributed by atoms with Crippen LogP contribution in [-0.4, -0.2) is 25.7 Å². The molecule has 0 bridgehead atoms. The fourth-order valence-electron chi connectivity index (χ4n) is 2.24. The Balaban J connectivity index is 1.81. The number of aryl methyl sites for hydroxylation is 1. The Bertz CT molecular complexity index is 444. The molecule has 0 aromatic heterocycles. The van der Waals surface area contributed by atoms with Crippen LogP contribution in [0.25, 0.3) is 0 Å². The molecule has 0 spiro atoms. The number of urea groups is 1. The van der Waals surface area contributed by atoms with Crippen LogP contribution < -0.4 is 16.0 Å². The Kier molecular flexibility index (Phi) is 5.05. The van der Waals surface area contributed by atoms with Crippen molar-refractivity contribution in [2.24, 2.45) is 5.92 Å². The van der Waals surface area contributed by atoms with Gasteiger partial charge >= 0.3 is 6.03 Å². The van der Waals surface area contributed by atoms with Gasteiger partial charge in [-0.15, -0.1) is 0 Å². The minimum atomic E-state index is -0.196. The van der Waals surface area contributed by atoms with Gasteiger partial charge in [-0.1, -0.05) is 17.7 Å². The number of piperidine rings is 1. The maximum absolute atomic E-state index is 11.8. The van der Waals surface area contributed by atoms with Gasteiger partial charge in [-0.25, -0.2) is 4.79 Å². The number of nitrogens with one attached hydrogen (secondary N) is 3. The summed E-state index contributed by atoms with van der Waals surface area (Å²) in [6, 6.07) is 5.37. The smallest absolute Gasteiger partial charge is 0.319 e. The first-order valence-electron chi connectivity index (χ1n) is 6.67. The van der Waals surface area contributed by atoms with Gasteiger partial charge < -0.3 is 16.0 Å². The second-order valence-corrected chi connectivity index (χ2v) is 5.44. The van der Waals surface area contributed by atoms with Crippen LogP contribution in [0.1, 0.15) is 18.4 Å². The summed E-state index contributed by atoms with van der Waals surface area (Å²) in [4.78, 5) is 11.8. The summed E-state index contributed by atoms with van der Waals surface area (Å²) in [5, 5.41) is 9.57. The summed E-state index contributed by atoms with van der Waals surface area (Å²) in [5.41, 5.74) is 1.72. The third-order valence-electron chi connectivity index (χ3n) is 3.32. The molecule has 3 N–H and O–H groups in total. The minimum absolute atomic E-state index is 0.196. The number of hydrogen-bond donors (Lipinski definition) is 3. The number of anilines is 1. The van der Waals surface area contributed by atoms with E-state index in [0.29, 0.717) is 23.2 Å². The number of rotatable bonds is 3. The molecule has 104 valence electrons. The molecule has 5 heteroatoms. The highest BCUT2D eigenvalue weighted by Gasteiger charge is 2.14. The van der Waals surface area contributed by atoms with E-state index < -0.39 is 0 Å². The quantitative estimate of drug-likeness (QED) is 0.798. The van der Waals surface area contributed by atoms with Gasteiger partial charge in [-0.05, 0) is 56.5 Å². The van der Waals surface area contributed by atoms with Gasteiger partial charge in [0.1, 0.15) is 0 Å². The highest BCUT2D eigenvalue weighted by molar-refractivity contribution is 6.33. The average molecular weight is 282 g/mol. The number of carbonyl (C=O) groups is 1. The summed E-state index contributed by atoms with van der Waals surface area (Å²) in [7, 11) is 0. The van der Waals surface area contributed by atoms with Gasteiger partial charge in [0.25, 0.3) is 0 Å². The molecule has 1 aromatic rings. The standard InChI is InChI=1S/C14H20ClN3O/c1-10-4-5-12(15)13(7-10)18-14(19)17-9-11-3-2-6-16-8-11/h4-5,7,11,16H,2-3,6,8-9H2,1H3,(H2,17,18,19)/t11-/m1/s1. The second-order valence-electron chi connectivity index (χ2n) is 5.03. The SMILES string of the molecule is Cc1ccc(Cl)c(NC(=O)NC[C@@H]2CCCNC2)c1. The highest BCUT2D eigenvalue weighted by atomic mass is 35.5. The normalized spacial score (nSPS) is 18.9. The molecule has 2 rings (SSSR count). The van der Waals surface area contributed by atoms with E-state index in [2.05, 4.69) is 16.0 Å². The van der Waals surface area contributed by atoms with Crippen molar-refractivity contribution in [3.8, 4) is 0 Å². The van der Waals surface area contributed by atoms with Crippen LogP contribution in [0.15, 0.2) is 18.2 Å². The molecule has 0 saturated carbocycles. The van der Waals surface area contributed by atoms with Crippen LogP contribution in [0, 0.1) is 12.8 Å². The van der Waals surface area contributed by atoms with Crippen LogP contribution in [0.2, 0.25) is 5.02 Å². The Hall–Kier alpha value is -1.26. The van der Waals surface area contributed by atoms with E-state index >= 15 is 0 Å². The molecular formula is C14H20ClN3O. The van der Waals surface area contributed by atoms with Crippen molar-refractivity contribution in [1.29, 1.82) is 0 Å². The minimum Gasteiger partial charge on any atom is -0.338 e. The average Bonchev–Trinajstić information content (AvgIpc) is 2.42. The van der Waals surface area contributed by atoms with Crippen LogP contribution in [0.5, 0.6) is 0 Å². The van der Waals surface area contributed by atoms with Crippen molar-refractivity contribution in [3.63, 3.8) is 0 Å². The Morgan fingerprint density at radius 2 is 2.37 bits per heavy atom. The molecule has 1 atom stereocenters. The molecule has 0 radical (unpaired) electrons. The number of hydrogen-bond acceptors (Lipinski definition) is 2. The second kappa shape index (κ2) is 6.78. The summed E-state index contributed by atoms with van der Waals surface area (Å²) >= 11 is 6.04. The van der Waals surface area contributed by atoms with Gasteiger partial charge in [0, 0.05) is 6.54 Å². The van der Waals surface area contributed by atoms with E-state index in [1.165, 1.54) is 12.8 Å². The first-order valence-corrected chi connectivity index (χ1v) is 7.04. The molecule has 0 aliphatic carbocycles. The zero-order valence-electron chi connectivity index (χ0n) is 11.1. The molecule has 1 saturated heterocycles. The number of carbonyl (C=O) groups excluding carboxylic acids is 1. The number of benzene rings is 1. The maximum Gasteiger partial charge on any atom is 0.319 e. The third kappa shape index (κ3) is 4.40. The summed E-state index contributed by atoms with van der Waals surface area (Å²) in [5.74, 6) is 0.521. The van der Waals surface area contributed by atoms with E-state index in [9.17, 15) is 4.79 Å². The van der Waals surface area contributed by atoms with Gasteiger partial charge in [0.05, 0.1) is 10.7 Å². The number of halogens is 1. The molecular weight excluding hydrogens is 262 g/mol. The Labute approximate surface area is 118 Å². The molecule has 4 nitrogen and oxygen atoms in total. The lowest BCUT2D eigenvalue weighted by Gasteiger charge is -2.23. The molecule has 1 aromatic carbocycles. The van der Waals surface area contributed by atoms with E-state index in [4.69, 9.17) is 11.6 Å². The maximum atomic E-state index is 11.8. The third-order valence-corrected chi connectivity index (χ3v) is 3.65. The number of amides is 2. The predicted octanol–water partition coefficient (Wildman–Crippen LogP) is 2.77. The van der Waals surface area contributed by atoms with Crippen LogP contribution >= 0.6 is 11.6 Å². The molecule has 19 heavy (non-hydrogen) atoms.